The molecule has 1 atom stereocenters. The third kappa shape index (κ3) is 4.86. The second-order valence-electron chi connectivity index (χ2n) is 7.90. The van der Waals surface area contributed by atoms with Crippen LogP contribution in [0.15, 0.2) is 71.6 Å². The van der Waals surface area contributed by atoms with Crippen LogP contribution in [0, 0.1) is 0 Å². The van der Waals surface area contributed by atoms with E-state index in [1.54, 1.807) is 48.7 Å². The summed E-state index contributed by atoms with van der Waals surface area (Å²) in [6, 6.07) is 18.0. The quantitative estimate of drug-likeness (QED) is 0.357. The lowest BCUT2D eigenvalue weighted by Crippen LogP contribution is -2.56. The van der Waals surface area contributed by atoms with Gasteiger partial charge in [-0.25, -0.2) is 0 Å². The molecule has 0 radical (unpaired) electrons. The molecular weight excluding hydrogens is 477 g/mol. The van der Waals surface area contributed by atoms with E-state index in [1.807, 2.05) is 41.8 Å². The molecule has 1 heterocycles. The molecule has 4 nitrogen and oxygen atoms in total. The average Bonchev–Trinajstić information content (AvgIpc) is 3.33. The Morgan fingerprint density at radius 2 is 1.88 bits per heavy atom. The number of amides is 1. The lowest BCUT2D eigenvalue weighted by Gasteiger charge is -2.44. The first-order valence-electron chi connectivity index (χ1n) is 10.6. The van der Waals surface area contributed by atoms with Gasteiger partial charge in [-0.2, -0.15) is 0 Å². The molecule has 33 heavy (non-hydrogen) atoms. The van der Waals surface area contributed by atoms with Gasteiger partial charge in [0.15, 0.2) is 12.4 Å². The van der Waals surface area contributed by atoms with Crippen molar-refractivity contribution in [2.45, 2.75) is 24.8 Å². The average molecular weight is 500 g/mol. The molecule has 1 amide bonds. The molecule has 0 saturated heterocycles. The number of benzene rings is 2. The van der Waals surface area contributed by atoms with Crippen LogP contribution in [0.5, 0.6) is 5.75 Å². The van der Waals surface area contributed by atoms with E-state index >= 15 is 0 Å². The normalized spacial score (nSPS) is 19.5. The number of ether oxygens (including phenoxy) is 1. The van der Waals surface area contributed by atoms with Gasteiger partial charge in [-0.3, -0.25) is 9.59 Å². The van der Waals surface area contributed by atoms with E-state index in [1.165, 1.54) is 4.90 Å². The molecule has 4 rings (SSSR count). The number of hydrogen-bond donors (Lipinski definition) is 0. The number of thiophene rings is 1. The van der Waals surface area contributed by atoms with E-state index in [0.29, 0.717) is 39.8 Å². The minimum Gasteiger partial charge on any atom is -0.484 e. The highest BCUT2D eigenvalue weighted by Gasteiger charge is 2.49. The van der Waals surface area contributed by atoms with Crippen molar-refractivity contribution in [1.29, 1.82) is 0 Å². The van der Waals surface area contributed by atoms with Crippen LogP contribution in [-0.2, 0) is 15.1 Å². The van der Waals surface area contributed by atoms with E-state index in [2.05, 4.69) is 0 Å². The smallest absolute Gasteiger partial charge is 0.261 e. The lowest BCUT2D eigenvalue weighted by molar-refractivity contribution is -0.147. The van der Waals surface area contributed by atoms with Crippen LogP contribution >= 0.6 is 34.5 Å². The maximum absolute atomic E-state index is 14.0. The van der Waals surface area contributed by atoms with Gasteiger partial charge in [0.2, 0.25) is 0 Å². The van der Waals surface area contributed by atoms with Crippen LogP contribution in [0.4, 0.5) is 0 Å². The molecule has 1 unspecified atom stereocenters. The van der Waals surface area contributed by atoms with Crippen molar-refractivity contribution in [1.82, 2.24) is 4.90 Å². The molecule has 0 bridgehead atoms. The van der Waals surface area contributed by atoms with Crippen molar-refractivity contribution in [2.24, 2.45) is 0 Å². The Labute approximate surface area is 207 Å². The number of halogens is 2. The molecule has 0 spiro atoms. The first-order valence-corrected chi connectivity index (χ1v) is 12.2. The van der Waals surface area contributed by atoms with E-state index < -0.39 is 5.54 Å². The molecular formula is C26H23Cl2NO3S. The van der Waals surface area contributed by atoms with Crippen molar-refractivity contribution >= 4 is 52.3 Å². The van der Waals surface area contributed by atoms with Gasteiger partial charge in [0.25, 0.3) is 5.91 Å². The number of ketones is 1. The van der Waals surface area contributed by atoms with Crippen molar-refractivity contribution in [3.8, 4) is 5.75 Å². The van der Waals surface area contributed by atoms with Gasteiger partial charge in [-0.15, -0.1) is 11.3 Å². The highest BCUT2D eigenvalue weighted by molar-refractivity contribution is 7.10. The molecule has 1 aliphatic rings. The predicted molar refractivity (Wildman–Crippen MR) is 134 cm³/mol. The first kappa shape index (κ1) is 23.6. The Hall–Kier alpha value is -2.60. The monoisotopic (exact) mass is 499 g/mol. The number of carbonyl (C=O) groups is 2. The fourth-order valence-corrected chi connectivity index (χ4v) is 5.35. The van der Waals surface area contributed by atoms with Crippen LogP contribution in [0.3, 0.4) is 0 Å². The standard InChI is InChI=1S/C26H23Cl2NO3S/c1-29(24(30)17-32-20-12-10-19(27)11-13-20)26(22-8-2-3-9-23(22)28)14-4-6-18(25(26)31)16-21-7-5-15-33-21/h2-3,5,7-13,15-16H,4,6,14,17H2,1H3/b18-16+. The second-order valence-corrected chi connectivity index (χ2v) is 9.73. The van der Waals surface area contributed by atoms with Gasteiger partial charge in [0.05, 0.1) is 0 Å². The van der Waals surface area contributed by atoms with Gasteiger partial charge in [0.1, 0.15) is 11.3 Å². The number of likely N-dealkylation sites (N-methyl/N-ethyl adjacent to an activating group) is 1. The molecule has 7 heteroatoms. The molecule has 1 fully saturated rings. The predicted octanol–water partition coefficient (Wildman–Crippen LogP) is 6.62. The van der Waals surface area contributed by atoms with E-state index in [4.69, 9.17) is 27.9 Å². The summed E-state index contributed by atoms with van der Waals surface area (Å²) in [5.41, 5.74) is 0.137. The zero-order valence-corrected chi connectivity index (χ0v) is 20.4. The Morgan fingerprint density at radius 3 is 2.58 bits per heavy atom. The van der Waals surface area contributed by atoms with E-state index in [0.717, 1.165) is 11.3 Å². The highest BCUT2D eigenvalue weighted by atomic mass is 35.5. The van der Waals surface area contributed by atoms with E-state index in [9.17, 15) is 9.59 Å². The van der Waals surface area contributed by atoms with Crippen molar-refractivity contribution in [2.75, 3.05) is 13.7 Å². The number of nitrogens with zero attached hydrogens (tertiary/aromatic N) is 1. The van der Waals surface area contributed by atoms with Crippen LogP contribution < -0.4 is 4.74 Å². The third-order valence-electron chi connectivity index (χ3n) is 5.95. The van der Waals surface area contributed by atoms with Crippen LogP contribution in [0.2, 0.25) is 10.0 Å². The SMILES string of the molecule is CN(C(=O)COc1ccc(Cl)cc1)C1(c2ccccc2Cl)CCC/C(=C\c2cccs2)C1=O. The highest BCUT2D eigenvalue weighted by Crippen LogP contribution is 2.44. The van der Waals surface area contributed by atoms with Crippen LogP contribution in [0.1, 0.15) is 29.7 Å². The number of carbonyl (C=O) groups excluding carboxylic acids is 2. The maximum Gasteiger partial charge on any atom is 0.261 e. The summed E-state index contributed by atoms with van der Waals surface area (Å²) < 4.78 is 5.69. The summed E-state index contributed by atoms with van der Waals surface area (Å²) in [5, 5.41) is 3.02. The number of Topliss-reactive ketones (excluding diaryl/α,β-unsaturated/α-hetero) is 1. The zero-order valence-electron chi connectivity index (χ0n) is 18.1. The molecule has 170 valence electrons. The van der Waals surface area contributed by atoms with Gasteiger partial charge >= 0.3 is 0 Å². The lowest BCUT2D eigenvalue weighted by atomic mass is 9.72. The third-order valence-corrected chi connectivity index (χ3v) is 7.35. The van der Waals surface area contributed by atoms with Crippen LogP contribution in [0.25, 0.3) is 6.08 Å². The number of hydrogen-bond acceptors (Lipinski definition) is 4. The molecule has 1 saturated carbocycles. The number of rotatable bonds is 6. The largest absolute Gasteiger partial charge is 0.484 e. The minimum absolute atomic E-state index is 0.0995. The first-order chi connectivity index (χ1) is 15.9. The topological polar surface area (TPSA) is 46.6 Å². The molecule has 0 aliphatic heterocycles. The molecule has 1 aromatic heterocycles. The Morgan fingerprint density at radius 1 is 1.12 bits per heavy atom. The van der Waals surface area contributed by atoms with Crippen molar-refractivity contribution in [3.63, 3.8) is 0 Å². The van der Waals surface area contributed by atoms with Crippen molar-refractivity contribution in [3.05, 3.63) is 92.1 Å². The maximum atomic E-state index is 14.0. The second kappa shape index (κ2) is 10.1. The summed E-state index contributed by atoms with van der Waals surface area (Å²) in [7, 11) is 1.66. The van der Waals surface area contributed by atoms with E-state index in [-0.39, 0.29) is 18.3 Å². The van der Waals surface area contributed by atoms with Crippen LogP contribution in [-0.4, -0.2) is 30.2 Å². The van der Waals surface area contributed by atoms with Gasteiger partial charge in [-0.1, -0.05) is 47.5 Å². The Balaban J connectivity index is 1.68. The summed E-state index contributed by atoms with van der Waals surface area (Å²) >= 11 is 14.1. The summed E-state index contributed by atoms with van der Waals surface area (Å²) in [6.45, 7) is -0.207. The molecule has 1 aliphatic carbocycles. The van der Waals surface area contributed by atoms with Gasteiger partial charge in [0, 0.05) is 27.5 Å². The molecule has 0 N–H and O–H groups in total. The van der Waals surface area contributed by atoms with Gasteiger partial charge in [-0.05, 0) is 72.7 Å². The zero-order chi connectivity index (χ0) is 23.4. The summed E-state index contributed by atoms with van der Waals surface area (Å²) in [6.07, 6.45) is 3.83. The fraction of sp³-hybridized carbons (Fsp3) is 0.231. The van der Waals surface area contributed by atoms with Crippen molar-refractivity contribution < 1.29 is 14.3 Å². The minimum atomic E-state index is -1.19. The summed E-state index contributed by atoms with van der Waals surface area (Å²) in [4.78, 5) is 29.8. The Kier molecular flexibility index (Phi) is 7.23. The molecule has 3 aromatic rings. The van der Waals surface area contributed by atoms with Gasteiger partial charge < -0.3 is 9.64 Å². The molecule has 2 aromatic carbocycles. The Bertz CT molecular complexity index is 1170. The summed E-state index contributed by atoms with van der Waals surface area (Å²) in [5.74, 6) is 0.120. The fourth-order valence-electron chi connectivity index (χ4n) is 4.25.